The summed E-state index contributed by atoms with van der Waals surface area (Å²) in [5.74, 6) is -0.526. The van der Waals surface area contributed by atoms with Crippen LogP contribution in [0.3, 0.4) is 0 Å². The summed E-state index contributed by atoms with van der Waals surface area (Å²) < 4.78 is 0. The Hall–Kier alpha value is -2.04. The Morgan fingerprint density at radius 2 is 2.17 bits per heavy atom. The molecule has 23 heavy (non-hydrogen) atoms. The second-order valence-electron chi connectivity index (χ2n) is 6.38. The first kappa shape index (κ1) is 17.3. The van der Waals surface area contributed by atoms with E-state index in [0.29, 0.717) is 18.0 Å². The first-order chi connectivity index (χ1) is 11.0. The van der Waals surface area contributed by atoms with Crippen molar-refractivity contribution in [1.29, 1.82) is 0 Å². The van der Waals surface area contributed by atoms with Crippen molar-refractivity contribution in [2.45, 2.75) is 46.0 Å². The van der Waals surface area contributed by atoms with Gasteiger partial charge in [0.1, 0.15) is 0 Å². The number of aromatic carboxylic acids is 1. The van der Waals surface area contributed by atoms with Gasteiger partial charge in [-0.3, -0.25) is 4.79 Å². The maximum Gasteiger partial charge on any atom is 0.337 e. The van der Waals surface area contributed by atoms with Gasteiger partial charge in [-0.15, -0.1) is 0 Å². The van der Waals surface area contributed by atoms with E-state index < -0.39 is 5.97 Å². The van der Waals surface area contributed by atoms with Gasteiger partial charge in [0.15, 0.2) is 0 Å². The lowest BCUT2D eigenvalue weighted by Crippen LogP contribution is -2.34. The molecule has 5 nitrogen and oxygen atoms in total. The van der Waals surface area contributed by atoms with Crippen molar-refractivity contribution in [2.24, 2.45) is 5.92 Å². The predicted octanol–water partition coefficient (Wildman–Crippen LogP) is 3.75. The molecule has 0 radical (unpaired) electrons. The van der Waals surface area contributed by atoms with Crippen LogP contribution in [0.4, 0.5) is 11.4 Å². The number of anilines is 2. The first-order valence-electron chi connectivity index (χ1n) is 8.43. The van der Waals surface area contributed by atoms with Crippen molar-refractivity contribution in [2.75, 3.05) is 23.3 Å². The Labute approximate surface area is 137 Å². The number of carbonyl (C=O) groups is 2. The van der Waals surface area contributed by atoms with Crippen molar-refractivity contribution >= 4 is 23.3 Å². The Bertz CT molecular complexity index is 571. The van der Waals surface area contributed by atoms with Crippen molar-refractivity contribution in [3.05, 3.63) is 23.8 Å². The maximum atomic E-state index is 11.9. The van der Waals surface area contributed by atoms with Gasteiger partial charge in [0.25, 0.3) is 0 Å². The third kappa shape index (κ3) is 4.71. The van der Waals surface area contributed by atoms with Crippen LogP contribution in [0.5, 0.6) is 0 Å². The molecule has 0 aliphatic carbocycles. The molecule has 1 heterocycles. The normalized spacial score (nSPS) is 17.8. The zero-order chi connectivity index (χ0) is 16.8. The number of piperidine rings is 1. The second-order valence-corrected chi connectivity index (χ2v) is 6.38. The third-order valence-electron chi connectivity index (χ3n) is 4.29. The standard InChI is InChI=1S/C18H26N2O3/c1-3-4-7-17(21)19-16-9-8-14(11-15(16)18(22)23)20-10-5-6-13(2)12-20/h8-9,11,13H,3-7,10,12H2,1-2H3,(H,19,21)(H,22,23)/t13-/m0/s1. The summed E-state index contributed by atoms with van der Waals surface area (Å²) in [6.45, 7) is 6.13. The van der Waals surface area contributed by atoms with Gasteiger partial charge in [-0.05, 0) is 43.4 Å². The van der Waals surface area contributed by atoms with E-state index in [-0.39, 0.29) is 11.5 Å². The topological polar surface area (TPSA) is 69.6 Å². The summed E-state index contributed by atoms with van der Waals surface area (Å²) >= 11 is 0. The van der Waals surface area contributed by atoms with Gasteiger partial charge < -0.3 is 15.3 Å². The van der Waals surface area contributed by atoms with E-state index in [1.165, 1.54) is 6.42 Å². The first-order valence-corrected chi connectivity index (χ1v) is 8.43. The van der Waals surface area contributed by atoms with Crippen LogP contribution in [0.15, 0.2) is 18.2 Å². The van der Waals surface area contributed by atoms with E-state index in [0.717, 1.165) is 38.0 Å². The summed E-state index contributed by atoms with van der Waals surface area (Å²) in [5, 5.41) is 12.2. The lowest BCUT2D eigenvalue weighted by Gasteiger charge is -2.33. The number of rotatable bonds is 6. The number of nitrogens with zero attached hydrogens (tertiary/aromatic N) is 1. The Morgan fingerprint density at radius 1 is 1.39 bits per heavy atom. The van der Waals surface area contributed by atoms with Crippen LogP contribution in [0.2, 0.25) is 0 Å². The molecule has 1 aromatic carbocycles. The van der Waals surface area contributed by atoms with Crippen LogP contribution in [-0.4, -0.2) is 30.1 Å². The lowest BCUT2D eigenvalue weighted by atomic mass is 9.99. The van der Waals surface area contributed by atoms with Gasteiger partial charge in [-0.25, -0.2) is 4.79 Å². The molecule has 1 saturated heterocycles. The van der Waals surface area contributed by atoms with Crippen LogP contribution < -0.4 is 10.2 Å². The molecule has 0 aromatic heterocycles. The van der Waals surface area contributed by atoms with Crippen molar-refractivity contribution < 1.29 is 14.7 Å². The average molecular weight is 318 g/mol. The molecule has 1 aliphatic heterocycles. The monoisotopic (exact) mass is 318 g/mol. The molecule has 1 fully saturated rings. The van der Waals surface area contributed by atoms with Gasteiger partial charge in [-0.2, -0.15) is 0 Å². The molecular weight excluding hydrogens is 292 g/mol. The van der Waals surface area contributed by atoms with Crippen molar-refractivity contribution in [1.82, 2.24) is 0 Å². The highest BCUT2D eigenvalue weighted by atomic mass is 16.4. The van der Waals surface area contributed by atoms with Gasteiger partial charge in [0.2, 0.25) is 5.91 Å². The molecule has 0 saturated carbocycles. The zero-order valence-corrected chi connectivity index (χ0v) is 14.0. The van der Waals surface area contributed by atoms with E-state index in [1.54, 1.807) is 12.1 Å². The van der Waals surface area contributed by atoms with Gasteiger partial charge >= 0.3 is 5.97 Å². The highest BCUT2D eigenvalue weighted by Gasteiger charge is 2.19. The fourth-order valence-electron chi connectivity index (χ4n) is 2.99. The quantitative estimate of drug-likeness (QED) is 0.838. The van der Waals surface area contributed by atoms with E-state index in [9.17, 15) is 14.7 Å². The van der Waals surface area contributed by atoms with Crippen LogP contribution in [-0.2, 0) is 4.79 Å². The Balaban J connectivity index is 2.17. The van der Waals surface area contributed by atoms with Gasteiger partial charge in [0.05, 0.1) is 11.3 Å². The Kier molecular flexibility index (Phi) is 6.02. The van der Waals surface area contributed by atoms with Crippen LogP contribution in [0.1, 0.15) is 56.3 Å². The second kappa shape index (κ2) is 7.99. The lowest BCUT2D eigenvalue weighted by molar-refractivity contribution is -0.116. The smallest absolute Gasteiger partial charge is 0.337 e. The summed E-state index contributed by atoms with van der Waals surface area (Å²) in [5.41, 5.74) is 1.46. The molecule has 2 rings (SSSR count). The maximum absolute atomic E-state index is 11.9. The van der Waals surface area contributed by atoms with Crippen molar-refractivity contribution in [3.63, 3.8) is 0 Å². The summed E-state index contributed by atoms with van der Waals surface area (Å²) in [6.07, 6.45) is 4.50. The molecule has 0 bridgehead atoms. The number of carboxylic acid groups (broad SMARTS) is 1. The molecule has 126 valence electrons. The number of hydrogen-bond donors (Lipinski definition) is 2. The molecule has 5 heteroatoms. The fourth-order valence-corrected chi connectivity index (χ4v) is 2.99. The molecule has 1 amide bonds. The number of carbonyl (C=O) groups excluding carboxylic acids is 1. The van der Waals surface area contributed by atoms with Crippen LogP contribution >= 0.6 is 0 Å². The fraction of sp³-hybridized carbons (Fsp3) is 0.556. The summed E-state index contributed by atoms with van der Waals surface area (Å²) in [6, 6.07) is 5.29. The highest BCUT2D eigenvalue weighted by molar-refractivity contribution is 6.01. The van der Waals surface area contributed by atoms with Crippen LogP contribution in [0, 0.1) is 5.92 Å². The largest absolute Gasteiger partial charge is 0.478 e. The molecule has 2 N–H and O–H groups in total. The van der Waals surface area contributed by atoms with Crippen molar-refractivity contribution in [3.8, 4) is 0 Å². The number of amides is 1. The number of carboxylic acids is 1. The minimum Gasteiger partial charge on any atom is -0.478 e. The Morgan fingerprint density at radius 3 is 2.83 bits per heavy atom. The number of unbranched alkanes of at least 4 members (excludes halogenated alkanes) is 1. The van der Waals surface area contributed by atoms with E-state index in [2.05, 4.69) is 17.1 Å². The number of benzene rings is 1. The summed E-state index contributed by atoms with van der Waals surface area (Å²) in [4.78, 5) is 25.6. The van der Waals surface area contributed by atoms with Gasteiger partial charge in [0, 0.05) is 25.2 Å². The molecule has 0 unspecified atom stereocenters. The minimum atomic E-state index is -1.01. The van der Waals surface area contributed by atoms with E-state index in [1.807, 2.05) is 13.0 Å². The summed E-state index contributed by atoms with van der Waals surface area (Å²) in [7, 11) is 0. The molecule has 0 spiro atoms. The number of nitrogens with one attached hydrogen (secondary N) is 1. The average Bonchev–Trinajstić information content (AvgIpc) is 2.53. The van der Waals surface area contributed by atoms with Gasteiger partial charge in [-0.1, -0.05) is 20.3 Å². The SMILES string of the molecule is CCCCC(=O)Nc1ccc(N2CCC[C@H](C)C2)cc1C(=O)O. The molecule has 1 aromatic rings. The molecule has 1 atom stereocenters. The molecular formula is C18H26N2O3. The predicted molar refractivity (Wildman–Crippen MR) is 92.2 cm³/mol. The van der Waals surface area contributed by atoms with E-state index >= 15 is 0 Å². The van der Waals surface area contributed by atoms with Crippen LogP contribution in [0.25, 0.3) is 0 Å². The highest BCUT2D eigenvalue weighted by Crippen LogP contribution is 2.27. The zero-order valence-electron chi connectivity index (χ0n) is 14.0. The third-order valence-corrected chi connectivity index (χ3v) is 4.29. The minimum absolute atomic E-state index is 0.131. The molecule has 1 aliphatic rings. The number of hydrogen-bond acceptors (Lipinski definition) is 3. The van der Waals surface area contributed by atoms with E-state index in [4.69, 9.17) is 0 Å².